The van der Waals surface area contributed by atoms with Crippen LogP contribution in [0.2, 0.25) is 0 Å². The van der Waals surface area contributed by atoms with Crippen LogP contribution in [-0.4, -0.2) is 24.0 Å². The second-order valence-electron chi connectivity index (χ2n) is 7.30. The van der Waals surface area contributed by atoms with Crippen LogP contribution in [-0.2, 0) is 0 Å². The minimum absolute atomic E-state index is 0.608. The first-order chi connectivity index (χ1) is 10.5. The van der Waals surface area contributed by atoms with Gasteiger partial charge >= 0.3 is 0 Å². The maximum Gasteiger partial charge on any atom is 0.156 e. The van der Waals surface area contributed by atoms with E-state index in [1.807, 2.05) is 0 Å². The zero-order chi connectivity index (χ0) is 16.5. The highest BCUT2D eigenvalue weighted by atomic mass is 32.2. The van der Waals surface area contributed by atoms with E-state index in [1.54, 1.807) is 11.8 Å². The van der Waals surface area contributed by atoms with Crippen LogP contribution in [0.1, 0.15) is 73.1 Å². The van der Waals surface area contributed by atoms with Crippen LogP contribution in [0, 0.1) is 23.7 Å². The van der Waals surface area contributed by atoms with Gasteiger partial charge < -0.3 is 5.32 Å². The molecule has 0 aromatic rings. The molecule has 0 aromatic carbocycles. The fraction of sp³-hybridized carbons (Fsp3) is 0.947. The van der Waals surface area contributed by atoms with Crippen molar-refractivity contribution in [2.24, 2.45) is 28.7 Å². The Morgan fingerprint density at radius 2 is 1.86 bits per heavy atom. The molecule has 1 saturated carbocycles. The third-order valence-electron chi connectivity index (χ3n) is 5.48. The smallest absolute Gasteiger partial charge is 0.156 e. The minimum atomic E-state index is 0.608. The number of aliphatic imine (C=N–C) groups is 1. The van der Waals surface area contributed by atoms with Crippen LogP contribution in [0.5, 0.6) is 0 Å². The molecule has 1 aliphatic rings. The molecule has 0 heterocycles. The normalized spacial score (nSPS) is 28.0. The Bertz CT molecular complexity index is 327. The van der Waals surface area contributed by atoms with Crippen LogP contribution in [0.25, 0.3) is 0 Å². The summed E-state index contributed by atoms with van der Waals surface area (Å²) >= 11 is 1.79. The maximum atomic E-state index is 4.81. The van der Waals surface area contributed by atoms with Crippen molar-refractivity contribution >= 4 is 16.9 Å². The quantitative estimate of drug-likeness (QED) is 0.375. The van der Waals surface area contributed by atoms with Gasteiger partial charge in [0.05, 0.1) is 0 Å². The van der Waals surface area contributed by atoms with Gasteiger partial charge in [-0.15, -0.1) is 0 Å². The molecule has 0 aromatic heterocycles. The number of hydrogen-bond acceptors (Lipinski definition) is 2. The fourth-order valence-electron chi connectivity index (χ4n) is 3.82. The van der Waals surface area contributed by atoms with Gasteiger partial charge in [0.2, 0.25) is 0 Å². The first kappa shape index (κ1) is 19.9. The molecule has 1 rings (SSSR count). The van der Waals surface area contributed by atoms with Crippen molar-refractivity contribution < 1.29 is 0 Å². The van der Waals surface area contributed by atoms with E-state index in [1.165, 1.54) is 43.7 Å². The van der Waals surface area contributed by atoms with E-state index >= 15 is 0 Å². The molecule has 22 heavy (non-hydrogen) atoms. The topological polar surface area (TPSA) is 24.4 Å². The second kappa shape index (κ2) is 10.6. The van der Waals surface area contributed by atoms with Crippen LogP contribution in [0.15, 0.2) is 4.99 Å². The standard InChI is InChI=1S/C19H38N2S/c1-7-9-13-20-19(22-6)21-18-16(14(3)4)11-10-12-17(18)15(5)8-2/h14-18H,7-13H2,1-6H3,(H,20,21). The molecule has 4 atom stereocenters. The molecule has 0 radical (unpaired) electrons. The molecule has 1 fully saturated rings. The first-order valence-corrected chi connectivity index (χ1v) is 10.6. The monoisotopic (exact) mass is 326 g/mol. The third kappa shape index (κ3) is 5.79. The molecule has 0 spiro atoms. The van der Waals surface area contributed by atoms with Gasteiger partial charge in [-0.3, -0.25) is 4.99 Å². The maximum absolute atomic E-state index is 4.81. The van der Waals surface area contributed by atoms with Crippen molar-refractivity contribution in [1.82, 2.24) is 5.32 Å². The number of unbranched alkanes of at least 4 members (excludes halogenated alkanes) is 1. The highest BCUT2D eigenvalue weighted by molar-refractivity contribution is 8.13. The molecule has 0 saturated heterocycles. The van der Waals surface area contributed by atoms with Gasteiger partial charge in [0.1, 0.15) is 0 Å². The predicted octanol–water partition coefficient (Wildman–Crippen LogP) is 5.58. The molecule has 4 unspecified atom stereocenters. The lowest BCUT2D eigenvalue weighted by Crippen LogP contribution is -2.50. The van der Waals surface area contributed by atoms with Crippen molar-refractivity contribution in [2.75, 3.05) is 12.8 Å². The van der Waals surface area contributed by atoms with Gasteiger partial charge in [-0.05, 0) is 49.2 Å². The average Bonchev–Trinajstić information content (AvgIpc) is 2.53. The van der Waals surface area contributed by atoms with E-state index < -0.39 is 0 Å². The lowest BCUT2D eigenvalue weighted by Gasteiger charge is -2.43. The minimum Gasteiger partial charge on any atom is -0.362 e. The number of nitrogens with one attached hydrogen (secondary N) is 1. The zero-order valence-corrected chi connectivity index (χ0v) is 16.5. The Hall–Kier alpha value is -0.180. The highest BCUT2D eigenvalue weighted by Gasteiger charge is 2.37. The SMILES string of the molecule is CCCCN=C(NC1C(C(C)C)CCCC1C(C)CC)SC. The predicted molar refractivity (Wildman–Crippen MR) is 103 cm³/mol. The lowest BCUT2D eigenvalue weighted by molar-refractivity contribution is 0.120. The van der Waals surface area contributed by atoms with Crippen molar-refractivity contribution in [3.8, 4) is 0 Å². The Balaban J connectivity index is 2.85. The summed E-state index contributed by atoms with van der Waals surface area (Å²) in [6, 6.07) is 0.608. The zero-order valence-electron chi connectivity index (χ0n) is 15.7. The van der Waals surface area contributed by atoms with E-state index in [2.05, 4.69) is 46.2 Å². The van der Waals surface area contributed by atoms with Crippen LogP contribution < -0.4 is 5.32 Å². The van der Waals surface area contributed by atoms with Crippen LogP contribution in [0.4, 0.5) is 0 Å². The molecule has 2 nitrogen and oxygen atoms in total. The first-order valence-electron chi connectivity index (χ1n) is 9.40. The van der Waals surface area contributed by atoms with Crippen molar-refractivity contribution in [3.05, 3.63) is 0 Å². The number of hydrogen-bond donors (Lipinski definition) is 1. The molecule has 130 valence electrons. The molecule has 1 N–H and O–H groups in total. The van der Waals surface area contributed by atoms with Gasteiger partial charge in [-0.1, -0.05) is 65.6 Å². The Kier molecular flexibility index (Phi) is 9.54. The molecule has 3 heteroatoms. The summed E-state index contributed by atoms with van der Waals surface area (Å²) in [6.07, 6.45) is 10.0. The van der Waals surface area contributed by atoms with E-state index in [9.17, 15) is 0 Å². The van der Waals surface area contributed by atoms with Gasteiger partial charge in [0, 0.05) is 12.6 Å². The molecule has 1 aliphatic carbocycles. The average molecular weight is 327 g/mol. The largest absolute Gasteiger partial charge is 0.362 e. The van der Waals surface area contributed by atoms with Gasteiger partial charge in [-0.25, -0.2) is 0 Å². The molecule has 0 aliphatic heterocycles. The van der Waals surface area contributed by atoms with Crippen LogP contribution >= 0.6 is 11.8 Å². The van der Waals surface area contributed by atoms with Gasteiger partial charge in [0.25, 0.3) is 0 Å². The van der Waals surface area contributed by atoms with Crippen LogP contribution in [0.3, 0.4) is 0 Å². The lowest BCUT2D eigenvalue weighted by atomic mass is 9.68. The van der Waals surface area contributed by atoms with Crippen molar-refractivity contribution in [1.29, 1.82) is 0 Å². The summed E-state index contributed by atoms with van der Waals surface area (Å²) in [7, 11) is 0. The Morgan fingerprint density at radius 3 is 2.41 bits per heavy atom. The Labute approximate surface area is 143 Å². The molecular weight excluding hydrogens is 288 g/mol. The summed E-state index contributed by atoms with van der Waals surface area (Å²) in [5, 5.41) is 5.04. The number of thioether (sulfide) groups is 1. The summed E-state index contributed by atoms with van der Waals surface area (Å²) in [5.74, 6) is 3.15. The summed E-state index contributed by atoms with van der Waals surface area (Å²) < 4.78 is 0. The van der Waals surface area contributed by atoms with E-state index in [-0.39, 0.29) is 0 Å². The van der Waals surface area contributed by atoms with Crippen molar-refractivity contribution in [2.45, 2.75) is 79.2 Å². The molecule has 0 amide bonds. The number of amidine groups is 1. The van der Waals surface area contributed by atoms with E-state index in [0.717, 1.165) is 30.2 Å². The third-order valence-corrected chi connectivity index (χ3v) is 6.11. The van der Waals surface area contributed by atoms with Crippen molar-refractivity contribution in [3.63, 3.8) is 0 Å². The summed E-state index contributed by atoms with van der Waals surface area (Å²) in [5.41, 5.74) is 0. The fourth-order valence-corrected chi connectivity index (χ4v) is 4.29. The van der Waals surface area contributed by atoms with Gasteiger partial charge in [-0.2, -0.15) is 0 Å². The molecule has 0 bridgehead atoms. The Morgan fingerprint density at radius 1 is 1.18 bits per heavy atom. The summed E-state index contributed by atoms with van der Waals surface area (Å²) in [6.45, 7) is 12.8. The second-order valence-corrected chi connectivity index (χ2v) is 8.10. The van der Waals surface area contributed by atoms with E-state index in [4.69, 9.17) is 4.99 Å². The number of rotatable bonds is 7. The molecular formula is C19H38N2S. The highest BCUT2D eigenvalue weighted by Crippen LogP contribution is 2.38. The summed E-state index contributed by atoms with van der Waals surface area (Å²) in [4.78, 5) is 4.81. The van der Waals surface area contributed by atoms with E-state index in [0.29, 0.717) is 6.04 Å². The number of nitrogens with zero attached hydrogens (tertiary/aromatic N) is 1. The van der Waals surface area contributed by atoms with Gasteiger partial charge in [0.15, 0.2) is 5.17 Å².